The predicted octanol–water partition coefficient (Wildman–Crippen LogP) is -0.415. The molecule has 0 atom stereocenters. The molecule has 0 heterocycles. The Labute approximate surface area is 71.5 Å². The van der Waals surface area contributed by atoms with Gasteiger partial charge in [-0.2, -0.15) is 13.1 Å². The Kier molecular flexibility index (Phi) is 3.98. The Bertz CT molecular complexity index is 246. The average Bonchev–Trinajstić information content (AvgIpc) is 1.83. The van der Waals surface area contributed by atoms with Gasteiger partial charge in [0.25, 0.3) is 0 Å². The number of rotatable bonds is 3. The highest BCUT2D eigenvalue weighted by Gasteiger charge is 2.14. The second kappa shape index (κ2) is 4.27. The van der Waals surface area contributed by atoms with Crippen molar-refractivity contribution in [3.05, 3.63) is 0 Å². The maximum absolute atomic E-state index is 10.9. The molecule has 0 fully saturated rings. The summed E-state index contributed by atoms with van der Waals surface area (Å²) in [4.78, 5) is 10.5. The third-order valence-electron chi connectivity index (χ3n) is 0.794. The highest BCUT2D eigenvalue weighted by atomic mass is 32.2. The molecule has 0 radical (unpaired) electrons. The molecule has 0 aliphatic heterocycles. The Morgan fingerprint density at radius 1 is 1.42 bits per heavy atom. The molecule has 0 saturated carbocycles. The van der Waals surface area contributed by atoms with Crippen LogP contribution in [0, 0.1) is 0 Å². The van der Waals surface area contributed by atoms with Gasteiger partial charge in [0, 0.05) is 6.04 Å². The number of ether oxygens (including phenoxy) is 1. The quantitative estimate of drug-likeness (QED) is 0.642. The fraction of sp³-hybridized carbons (Fsp3) is 0.800. The van der Waals surface area contributed by atoms with Gasteiger partial charge in [-0.25, -0.2) is 9.52 Å². The first-order valence-corrected chi connectivity index (χ1v) is 4.73. The van der Waals surface area contributed by atoms with Crippen molar-refractivity contribution in [2.24, 2.45) is 0 Å². The number of carbonyl (C=O) groups is 1. The van der Waals surface area contributed by atoms with Crippen molar-refractivity contribution in [2.45, 2.75) is 19.9 Å². The number of hydrogen-bond donors (Lipinski definition) is 2. The Hall–Kier alpha value is -0.820. The summed E-state index contributed by atoms with van der Waals surface area (Å²) in [7, 11) is -2.68. The Morgan fingerprint density at radius 2 is 1.92 bits per heavy atom. The highest BCUT2D eigenvalue weighted by Crippen LogP contribution is 1.84. The molecule has 0 aromatic heterocycles. The van der Waals surface area contributed by atoms with Crippen LogP contribution in [0.25, 0.3) is 0 Å². The lowest BCUT2D eigenvalue weighted by atomic mass is 10.4. The summed E-state index contributed by atoms with van der Waals surface area (Å²) in [6, 6.07) is -0.271. The minimum atomic E-state index is -3.77. The molecule has 0 bridgehead atoms. The largest absolute Gasteiger partial charge is 0.452 e. The average molecular weight is 196 g/mol. The van der Waals surface area contributed by atoms with Crippen LogP contribution in [0.1, 0.15) is 13.8 Å². The number of amides is 1. The minimum Gasteiger partial charge on any atom is -0.452 e. The lowest BCUT2D eigenvalue weighted by Gasteiger charge is -2.08. The zero-order valence-corrected chi connectivity index (χ0v) is 7.94. The molecule has 7 heteroatoms. The molecule has 0 unspecified atom stereocenters. The molecule has 6 nitrogen and oxygen atoms in total. The zero-order chi connectivity index (χ0) is 9.78. The Balaban J connectivity index is 4.15. The molecule has 0 rings (SSSR count). The molecule has 2 N–H and O–H groups in total. The van der Waals surface area contributed by atoms with Gasteiger partial charge in [-0.1, -0.05) is 0 Å². The van der Waals surface area contributed by atoms with Gasteiger partial charge < -0.3 is 4.74 Å². The van der Waals surface area contributed by atoms with Crippen molar-refractivity contribution in [1.29, 1.82) is 0 Å². The highest BCUT2D eigenvalue weighted by molar-refractivity contribution is 7.88. The summed E-state index contributed by atoms with van der Waals surface area (Å²) in [5, 5.41) is 0. The molecule has 0 spiro atoms. The van der Waals surface area contributed by atoms with Crippen LogP contribution in [-0.2, 0) is 14.9 Å². The monoisotopic (exact) mass is 196 g/mol. The summed E-state index contributed by atoms with van der Waals surface area (Å²) >= 11 is 0. The van der Waals surface area contributed by atoms with Crippen molar-refractivity contribution < 1.29 is 17.9 Å². The molecular formula is C5H12N2O4S. The first kappa shape index (κ1) is 11.2. The SMILES string of the molecule is COC(=O)NS(=O)(=O)NC(C)C. The topological polar surface area (TPSA) is 84.5 Å². The van der Waals surface area contributed by atoms with E-state index in [4.69, 9.17) is 0 Å². The minimum absolute atomic E-state index is 0.271. The van der Waals surface area contributed by atoms with Gasteiger partial charge >= 0.3 is 16.3 Å². The summed E-state index contributed by atoms with van der Waals surface area (Å²) in [6.45, 7) is 3.27. The van der Waals surface area contributed by atoms with Gasteiger partial charge in [0.05, 0.1) is 7.11 Å². The van der Waals surface area contributed by atoms with E-state index >= 15 is 0 Å². The summed E-state index contributed by atoms with van der Waals surface area (Å²) < 4.78 is 29.7. The van der Waals surface area contributed by atoms with E-state index in [1.807, 2.05) is 0 Å². The molecule has 12 heavy (non-hydrogen) atoms. The molecule has 0 aromatic carbocycles. The van der Waals surface area contributed by atoms with Crippen LogP contribution in [0.15, 0.2) is 0 Å². The van der Waals surface area contributed by atoms with Crippen molar-refractivity contribution in [3.8, 4) is 0 Å². The number of carbonyl (C=O) groups excluding carboxylic acids is 1. The van der Waals surface area contributed by atoms with Crippen molar-refractivity contribution in [2.75, 3.05) is 7.11 Å². The molecule has 0 aromatic rings. The second-order valence-corrected chi connectivity index (χ2v) is 3.82. The molecular weight excluding hydrogens is 184 g/mol. The fourth-order valence-corrected chi connectivity index (χ4v) is 1.47. The van der Waals surface area contributed by atoms with E-state index in [2.05, 4.69) is 9.46 Å². The lowest BCUT2D eigenvalue weighted by molar-refractivity contribution is 0.177. The maximum Gasteiger partial charge on any atom is 0.421 e. The lowest BCUT2D eigenvalue weighted by Crippen LogP contribution is -2.43. The maximum atomic E-state index is 10.9. The molecule has 0 aliphatic rings. The van der Waals surface area contributed by atoms with E-state index in [1.54, 1.807) is 18.6 Å². The molecule has 0 saturated heterocycles. The van der Waals surface area contributed by atoms with E-state index in [-0.39, 0.29) is 6.04 Å². The first-order valence-electron chi connectivity index (χ1n) is 3.25. The van der Waals surface area contributed by atoms with Crippen molar-refractivity contribution in [1.82, 2.24) is 9.44 Å². The van der Waals surface area contributed by atoms with Gasteiger partial charge in [0.1, 0.15) is 0 Å². The van der Waals surface area contributed by atoms with Gasteiger partial charge in [0.15, 0.2) is 0 Å². The van der Waals surface area contributed by atoms with E-state index < -0.39 is 16.3 Å². The summed E-state index contributed by atoms with van der Waals surface area (Å²) in [5.41, 5.74) is 0. The first-order chi connectivity index (χ1) is 5.37. The van der Waals surface area contributed by atoms with Crippen molar-refractivity contribution >= 4 is 16.3 Å². The normalized spacial score (nSPS) is 11.3. The zero-order valence-electron chi connectivity index (χ0n) is 7.12. The third-order valence-corrected chi connectivity index (χ3v) is 2.01. The predicted molar refractivity (Wildman–Crippen MR) is 42.7 cm³/mol. The van der Waals surface area contributed by atoms with Gasteiger partial charge in [-0.3, -0.25) is 0 Å². The van der Waals surface area contributed by atoms with Gasteiger partial charge in [-0.05, 0) is 13.8 Å². The van der Waals surface area contributed by atoms with Crippen LogP contribution in [-0.4, -0.2) is 27.7 Å². The summed E-state index contributed by atoms with van der Waals surface area (Å²) in [6.07, 6.45) is -1.01. The van der Waals surface area contributed by atoms with Crippen molar-refractivity contribution in [3.63, 3.8) is 0 Å². The van der Waals surface area contributed by atoms with E-state index in [9.17, 15) is 13.2 Å². The van der Waals surface area contributed by atoms with Crippen LogP contribution in [0.4, 0.5) is 4.79 Å². The smallest absolute Gasteiger partial charge is 0.421 e. The molecule has 0 aliphatic carbocycles. The Morgan fingerprint density at radius 3 is 2.25 bits per heavy atom. The van der Waals surface area contributed by atoms with Crippen LogP contribution < -0.4 is 9.44 Å². The fourth-order valence-electron chi connectivity index (χ4n) is 0.491. The van der Waals surface area contributed by atoms with Crippen LogP contribution in [0.2, 0.25) is 0 Å². The summed E-state index contributed by atoms with van der Waals surface area (Å²) in [5.74, 6) is 0. The number of nitrogens with one attached hydrogen (secondary N) is 2. The van der Waals surface area contributed by atoms with Gasteiger partial charge in [-0.15, -0.1) is 0 Å². The molecule has 1 amide bonds. The second-order valence-electron chi connectivity index (χ2n) is 2.37. The van der Waals surface area contributed by atoms with E-state index in [0.29, 0.717) is 0 Å². The van der Waals surface area contributed by atoms with Crippen LogP contribution in [0.5, 0.6) is 0 Å². The van der Waals surface area contributed by atoms with E-state index in [0.717, 1.165) is 7.11 Å². The van der Waals surface area contributed by atoms with Crippen LogP contribution in [0.3, 0.4) is 0 Å². The molecule has 72 valence electrons. The van der Waals surface area contributed by atoms with Crippen LogP contribution >= 0.6 is 0 Å². The van der Waals surface area contributed by atoms with Gasteiger partial charge in [0.2, 0.25) is 0 Å². The number of methoxy groups -OCH3 is 1. The third kappa shape index (κ3) is 4.91. The standard InChI is InChI=1S/C5H12N2O4S/c1-4(2)6-12(9,10)7-5(8)11-3/h4,6H,1-3H3,(H,7,8). The van der Waals surface area contributed by atoms with E-state index in [1.165, 1.54) is 0 Å². The number of hydrogen-bond acceptors (Lipinski definition) is 4.